The lowest BCUT2D eigenvalue weighted by atomic mass is 9.91. The molecular weight excluding hydrogens is 307 g/mol. The molecule has 0 spiro atoms. The first kappa shape index (κ1) is 17.0. The number of carbonyl (C=O) groups is 1. The second-order valence-electron chi connectivity index (χ2n) is 5.22. The number of carbonyl (C=O) groups excluding carboxylic acids is 1. The van der Waals surface area contributed by atoms with Crippen LogP contribution in [-0.2, 0) is 21.6 Å². The van der Waals surface area contributed by atoms with Crippen LogP contribution in [0, 0.1) is 17.5 Å². The minimum absolute atomic E-state index is 0.141. The zero-order valence-corrected chi connectivity index (χ0v) is 12.7. The molecule has 2 aromatic rings. The van der Waals surface area contributed by atoms with Crippen molar-refractivity contribution in [3.05, 3.63) is 71.0 Å². The average molecular weight is 323 g/mol. The molecule has 0 saturated heterocycles. The summed E-state index contributed by atoms with van der Waals surface area (Å²) in [4.78, 5) is 12.1. The van der Waals surface area contributed by atoms with Gasteiger partial charge in [0.25, 0.3) is 0 Å². The third-order valence-electron chi connectivity index (χ3n) is 3.62. The lowest BCUT2D eigenvalue weighted by Crippen LogP contribution is -2.47. The molecule has 0 aliphatic heterocycles. The van der Waals surface area contributed by atoms with Crippen molar-refractivity contribution >= 4 is 5.97 Å². The van der Waals surface area contributed by atoms with E-state index in [2.05, 4.69) is 5.32 Å². The van der Waals surface area contributed by atoms with Crippen LogP contribution in [0.3, 0.4) is 0 Å². The van der Waals surface area contributed by atoms with E-state index in [1.165, 1.54) is 31.2 Å². The third kappa shape index (κ3) is 3.71. The number of benzene rings is 2. The van der Waals surface area contributed by atoms with Gasteiger partial charge in [-0.1, -0.05) is 12.1 Å². The zero-order valence-electron chi connectivity index (χ0n) is 12.7. The highest BCUT2D eigenvalue weighted by Crippen LogP contribution is 2.26. The minimum Gasteiger partial charge on any atom is -0.467 e. The Morgan fingerprint density at radius 1 is 1.09 bits per heavy atom. The number of rotatable bonds is 5. The molecule has 1 N–H and O–H groups in total. The summed E-state index contributed by atoms with van der Waals surface area (Å²) in [5.41, 5.74) is -1.07. The predicted molar refractivity (Wildman–Crippen MR) is 79.0 cm³/mol. The van der Waals surface area contributed by atoms with Gasteiger partial charge in [0.1, 0.15) is 23.0 Å². The van der Waals surface area contributed by atoms with Crippen molar-refractivity contribution in [1.82, 2.24) is 5.32 Å². The van der Waals surface area contributed by atoms with Gasteiger partial charge in [-0.05, 0) is 42.8 Å². The smallest absolute Gasteiger partial charge is 0.330 e. The first-order valence-corrected chi connectivity index (χ1v) is 6.90. The highest BCUT2D eigenvalue weighted by atomic mass is 19.1. The van der Waals surface area contributed by atoms with E-state index in [0.29, 0.717) is 5.56 Å². The van der Waals surface area contributed by atoms with Gasteiger partial charge in [0.2, 0.25) is 0 Å². The van der Waals surface area contributed by atoms with Crippen LogP contribution in [0.2, 0.25) is 0 Å². The van der Waals surface area contributed by atoms with Crippen LogP contribution in [0.15, 0.2) is 42.5 Å². The van der Waals surface area contributed by atoms with Gasteiger partial charge in [0, 0.05) is 12.1 Å². The second kappa shape index (κ2) is 6.83. The SMILES string of the molecule is COC(=O)C(C)(NCc1ccc(F)cc1)c1cc(F)ccc1F. The fourth-order valence-corrected chi connectivity index (χ4v) is 2.24. The van der Waals surface area contributed by atoms with Crippen LogP contribution in [0.5, 0.6) is 0 Å². The maximum atomic E-state index is 14.1. The molecule has 0 aliphatic carbocycles. The van der Waals surface area contributed by atoms with Crippen molar-refractivity contribution < 1.29 is 22.7 Å². The van der Waals surface area contributed by atoms with Crippen LogP contribution in [0.1, 0.15) is 18.1 Å². The number of halogens is 3. The summed E-state index contributed by atoms with van der Waals surface area (Å²) in [7, 11) is 1.16. The Kier molecular flexibility index (Phi) is 5.05. The second-order valence-corrected chi connectivity index (χ2v) is 5.22. The zero-order chi connectivity index (χ0) is 17.0. The monoisotopic (exact) mass is 323 g/mol. The van der Waals surface area contributed by atoms with Gasteiger partial charge in [-0.3, -0.25) is 5.32 Å². The van der Waals surface area contributed by atoms with Gasteiger partial charge in [-0.25, -0.2) is 18.0 Å². The van der Waals surface area contributed by atoms with Crippen LogP contribution < -0.4 is 5.32 Å². The summed E-state index contributed by atoms with van der Waals surface area (Å²) in [6.07, 6.45) is 0. The topological polar surface area (TPSA) is 38.3 Å². The van der Waals surface area contributed by atoms with E-state index in [-0.39, 0.29) is 17.9 Å². The summed E-state index contributed by atoms with van der Waals surface area (Å²) < 4.78 is 45.2. The summed E-state index contributed by atoms with van der Waals surface area (Å²) in [6.45, 7) is 1.54. The van der Waals surface area contributed by atoms with Gasteiger partial charge in [0.15, 0.2) is 0 Å². The molecule has 2 aromatic carbocycles. The van der Waals surface area contributed by atoms with Gasteiger partial charge >= 0.3 is 5.97 Å². The molecule has 0 heterocycles. The molecule has 3 nitrogen and oxygen atoms in total. The van der Waals surface area contributed by atoms with Crippen molar-refractivity contribution in [3.8, 4) is 0 Å². The summed E-state index contributed by atoms with van der Waals surface area (Å²) in [6, 6.07) is 8.47. The van der Waals surface area contributed by atoms with E-state index >= 15 is 0 Å². The average Bonchev–Trinajstić information content (AvgIpc) is 2.55. The molecule has 0 bridgehead atoms. The first-order chi connectivity index (χ1) is 10.9. The lowest BCUT2D eigenvalue weighted by molar-refractivity contribution is -0.148. The summed E-state index contributed by atoms with van der Waals surface area (Å²) in [5, 5.41) is 2.86. The quantitative estimate of drug-likeness (QED) is 0.858. The highest BCUT2D eigenvalue weighted by Gasteiger charge is 2.38. The molecule has 0 saturated carbocycles. The van der Waals surface area contributed by atoms with E-state index in [4.69, 9.17) is 4.74 Å². The van der Waals surface area contributed by atoms with Gasteiger partial charge in [0.05, 0.1) is 7.11 Å². The van der Waals surface area contributed by atoms with Crippen LogP contribution in [0.25, 0.3) is 0 Å². The summed E-state index contributed by atoms with van der Waals surface area (Å²) >= 11 is 0. The van der Waals surface area contributed by atoms with E-state index in [0.717, 1.165) is 25.3 Å². The summed E-state index contributed by atoms with van der Waals surface area (Å²) in [5.74, 6) is -2.55. The Morgan fingerprint density at radius 2 is 1.70 bits per heavy atom. The maximum Gasteiger partial charge on any atom is 0.330 e. The molecule has 0 fully saturated rings. The van der Waals surface area contributed by atoms with Crippen molar-refractivity contribution in [3.63, 3.8) is 0 Å². The van der Waals surface area contributed by atoms with Crippen LogP contribution in [0.4, 0.5) is 13.2 Å². The van der Waals surface area contributed by atoms with Gasteiger partial charge < -0.3 is 4.74 Å². The normalized spacial score (nSPS) is 13.4. The number of hydrogen-bond acceptors (Lipinski definition) is 3. The fraction of sp³-hybridized carbons (Fsp3) is 0.235. The van der Waals surface area contributed by atoms with Crippen molar-refractivity contribution in [2.24, 2.45) is 0 Å². The third-order valence-corrected chi connectivity index (χ3v) is 3.62. The Bertz CT molecular complexity index is 703. The molecule has 1 atom stereocenters. The minimum atomic E-state index is -1.59. The molecule has 0 amide bonds. The fourth-order valence-electron chi connectivity index (χ4n) is 2.24. The number of ether oxygens (including phenoxy) is 1. The molecule has 1 unspecified atom stereocenters. The Labute approximate surface area is 132 Å². The number of nitrogens with one attached hydrogen (secondary N) is 1. The Balaban J connectivity index is 2.33. The van der Waals surface area contributed by atoms with Gasteiger partial charge in [-0.2, -0.15) is 0 Å². The highest BCUT2D eigenvalue weighted by molar-refractivity contribution is 5.82. The Morgan fingerprint density at radius 3 is 2.30 bits per heavy atom. The molecule has 0 aromatic heterocycles. The maximum absolute atomic E-state index is 14.1. The molecular formula is C17H16F3NO2. The van der Waals surface area contributed by atoms with E-state index in [1.54, 1.807) is 0 Å². The number of hydrogen-bond donors (Lipinski definition) is 1. The van der Waals surface area contributed by atoms with Gasteiger partial charge in [-0.15, -0.1) is 0 Å². The van der Waals surface area contributed by atoms with E-state index in [9.17, 15) is 18.0 Å². The van der Waals surface area contributed by atoms with Crippen LogP contribution >= 0.6 is 0 Å². The molecule has 122 valence electrons. The van der Waals surface area contributed by atoms with E-state index in [1.807, 2.05) is 0 Å². The lowest BCUT2D eigenvalue weighted by Gasteiger charge is -2.29. The molecule has 23 heavy (non-hydrogen) atoms. The van der Waals surface area contributed by atoms with E-state index < -0.39 is 23.1 Å². The molecule has 0 aliphatic rings. The molecule has 6 heteroatoms. The number of esters is 1. The van der Waals surface area contributed by atoms with Crippen molar-refractivity contribution in [1.29, 1.82) is 0 Å². The standard InChI is InChI=1S/C17H16F3NO2/c1-17(16(22)23-2,14-9-13(19)7-8-15(14)20)21-10-11-3-5-12(18)6-4-11/h3-9,21H,10H2,1-2H3. The predicted octanol–water partition coefficient (Wildman–Crippen LogP) is 3.28. The van der Waals surface area contributed by atoms with Crippen LogP contribution in [-0.4, -0.2) is 13.1 Å². The first-order valence-electron chi connectivity index (χ1n) is 6.90. The van der Waals surface area contributed by atoms with Crippen molar-refractivity contribution in [2.45, 2.75) is 19.0 Å². The van der Waals surface area contributed by atoms with Crippen molar-refractivity contribution in [2.75, 3.05) is 7.11 Å². The molecule has 2 rings (SSSR count). The largest absolute Gasteiger partial charge is 0.467 e. The number of methoxy groups -OCH3 is 1. The Hall–Kier alpha value is -2.34. The molecule has 0 radical (unpaired) electrons.